The number of nitrogens with one attached hydrogen (secondary N) is 2. The van der Waals surface area contributed by atoms with E-state index in [9.17, 15) is 14.4 Å². The Morgan fingerprint density at radius 3 is 2.55 bits per heavy atom. The smallest absolute Gasteiger partial charge is 0.329 e. The number of carbonyl (C=O) groups is 3. The summed E-state index contributed by atoms with van der Waals surface area (Å²) in [6.07, 6.45) is 1.25. The molecule has 3 rings (SSSR count). The monoisotopic (exact) mass is 441 g/mol. The fraction of sp³-hybridized carbons (Fsp3) is 0.273. The van der Waals surface area contributed by atoms with Crippen LogP contribution in [0.25, 0.3) is 11.3 Å². The molecule has 0 bridgehead atoms. The quantitative estimate of drug-likeness (QED) is 0.516. The number of aromatic nitrogens is 1. The maximum absolute atomic E-state index is 12.4. The molecule has 0 aliphatic carbocycles. The lowest BCUT2D eigenvalue weighted by molar-refractivity contribution is -0.154. The molecule has 0 saturated heterocycles. The van der Waals surface area contributed by atoms with Gasteiger partial charge in [-0.2, -0.15) is 0 Å². The molecule has 8 nitrogen and oxygen atoms in total. The van der Waals surface area contributed by atoms with Gasteiger partial charge in [-0.1, -0.05) is 31.2 Å². The van der Waals surface area contributed by atoms with E-state index in [4.69, 9.17) is 9.15 Å². The number of amides is 2. The summed E-state index contributed by atoms with van der Waals surface area (Å²) in [5, 5.41) is 7.36. The molecule has 2 amide bonds. The molecule has 9 heteroatoms. The molecular weight excluding hydrogens is 418 g/mol. The van der Waals surface area contributed by atoms with Crippen LogP contribution in [0.4, 0.5) is 5.13 Å². The summed E-state index contributed by atoms with van der Waals surface area (Å²) >= 11 is 1.28. The number of hydrogen-bond donors (Lipinski definition) is 2. The second-order valence-electron chi connectivity index (χ2n) is 6.83. The molecular formula is C22H23N3O5S. The van der Waals surface area contributed by atoms with Gasteiger partial charge < -0.3 is 14.5 Å². The van der Waals surface area contributed by atoms with Crippen molar-refractivity contribution in [2.75, 3.05) is 5.32 Å². The molecule has 2 N–H and O–H groups in total. The predicted molar refractivity (Wildman–Crippen MR) is 117 cm³/mol. The zero-order valence-corrected chi connectivity index (χ0v) is 18.2. The van der Waals surface area contributed by atoms with Crippen LogP contribution < -0.4 is 10.6 Å². The van der Waals surface area contributed by atoms with Gasteiger partial charge in [0.25, 0.3) is 11.8 Å². The molecule has 2 atom stereocenters. The van der Waals surface area contributed by atoms with Gasteiger partial charge in [-0.05, 0) is 38.0 Å². The van der Waals surface area contributed by atoms with E-state index in [2.05, 4.69) is 22.5 Å². The number of hydrogen-bond acceptors (Lipinski definition) is 7. The van der Waals surface area contributed by atoms with Crippen molar-refractivity contribution in [3.05, 3.63) is 59.4 Å². The minimum atomic E-state index is -1.06. The average molecular weight is 442 g/mol. The van der Waals surface area contributed by atoms with E-state index in [0.717, 1.165) is 17.7 Å². The summed E-state index contributed by atoms with van der Waals surface area (Å²) in [5.41, 5.74) is 2.94. The third-order valence-electron chi connectivity index (χ3n) is 4.50. The Kier molecular flexibility index (Phi) is 7.19. The molecule has 0 aliphatic rings. The van der Waals surface area contributed by atoms with Gasteiger partial charge in [0.15, 0.2) is 17.0 Å². The number of ether oxygens (including phenoxy) is 1. The molecule has 31 heavy (non-hydrogen) atoms. The van der Waals surface area contributed by atoms with Gasteiger partial charge in [-0.25, -0.2) is 9.78 Å². The van der Waals surface area contributed by atoms with Gasteiger partial charge in [-0.15, -0.1) is 11.3 Å². The molecule has 0 spiro atoms. The van der Waals surface area contributed by atoms with Crippen LogP contribution in [0, 0.1) is 0 Å². The maximum atomic E-state index is 12.4. The number of anilines is 1. The van der Waals surface area contributed by atoms with Crippen molar-refractivity contribution in [3.8, 4) is 11.3 Å². The number of aryl methyl sites for hydroxylation is 1. The molecule has 2 heterocycles. The lowest BCUT2D eigenvalue weighted by atomic mass is 10.1. The number of benzene rings is 1. The van der Waals surface area contributed by atoms with Crippen LogP contribution in [0.15, 0.2) is 52.5 Å². The third kappa shape index (κ3) is 5.79. The van der Waals surface area contributed by atoms with E-state index < -0.39 is 29.9 Å². The Morgan fingerprint density at radius 1 is 1.16 bits per heavy atom. The highest BCUT2D eigenvalue weighted by Crippen LogP contribution is 2.25. The van der Waals surface area contributed by atoms with Crippen LogP contribution in [-0.2, 0) is 20.7 Å². The Morgan fingerprint density at radius 2 is 1.90 bits per heavy atom. The Labute approximate surface area is 183 Å². The minimum absolute atomic E-state index is 0.0781. The van der Waals surface area contributed by atoms with Crippen molar-refractivity contribution >= 4 is 34.3 Å². The fourth-order valence-corrected chi connectivity index (χ4v) is 3.37. The lowest BCUT2D eigenvalue weighted by Gasteiger charge is -2.16. The van der Waals surface area contributed by atoms with Crippen molar-refractivity contribution in [2.24, 2.45) is 0 Å². The number of nitrogens with zero attached hydrogens (tertiary/aromatic N) is 1. The Bertz CT molecular complexity index is 1040. The highest BCUT2D eigenvalue weighted by Gasteiger charge is 2.24. The first kappa shape index (κ1) is 22.2. The summed E-state index contributed by atoms with van der Waals surface area (Å²) in [6, 6.07) is 10.1. The van der Waals surface area contributed by atoms with E-state index >= 15 is 0 Å². The van der Waals surface area contributed by atoms with Gasteiger partial charge in [0.05, 0.1) is 12.0 Å². The molecule has 2 unspecified atom stereocenters. The van der Waals surface area contributed by atoms with E-state index in [1.165, 1.54) is 43.1 Å². The van der Waals surface area contributed by atoms with Crippen LogP contribution in [0.2, 0.25) is 0 Å². The first-order valence-electron chi connectivity index (χ1n) is 9.78. The fourth-order valence-electron chi connectivity index (χ4n) is 2.65. The third-order valence-corrected chi connectivity index (χ3v) is 5.26. The van der Waals surface area contributed by atoms with Crippen molar-refractivity contribution in [3.63, 3.8) is 0 Å². The normalized spacial score (nSPS) is 12.6. The highest BCUT2D eigenvalue weighted by molar-refractivity contribution is 7.14. The van der Waals surface area contributed by atoms with Crippen molar-refractivity contribution < 1.29 is 23.5 Å². The minimum Gasteiger partial charge on any atom is -0.459 e. The Hall–Kier alpha value is -3.46. The van der Waals surface area contributed by atoms with E-state index in [0.29, 0.717) is 5.13 Å². The lowest BCUT2D eigenvalue weighted by Crippen LogP contribution is -2.42. The van der Waals surface area contributed by atoms with E-state index in [1.54, 1.807) is 6.07 Å². The van der Waals surface area contributed by atoms with E-state index in [1.807, 2.05) is 29.6 Å². The second kappa shape index (κ2) is 10.0. The second-order valence-corrected chi connectivity index (χ2v) is 7.69. The van der Waals surface area contributed by atoms with Crippen molar-refractivity contribution in [2.45, 2.75) is 39.3 Å². The molecule has 3 aromatic rings. The van der Waals surface area contributed by atoms with Gasteiger partial charge in [0, 0.05) is 10.9 Å². The number of furan rings is 1. The number of rotatable bonds is 8. The number of carbonyl (C=O) groups excluding carboxylic acids is 3. The summed E-state index contributed by atoms with van der Waals surface area (Å²) < 4.78 is 10.1. The van der Waals surface area contributed by atoms with Gasteiger partial charge in [-0.3, -0.25) is 14.9 Å². The number of thiazole rings is 1. The predicted octanol–water partition coefficient (Wildman–Crippen LogP) is 3.65. The van der Waals surface area contributed by atoms with Gasteiger partial charge >= 0.3 is 5.97 Å². The molecule has 2 aromatic heterocycles. The van der Waals surface area contributed by atoms with Gasteiger partial charge in [0.2, 0.25) is 0 Å². The molecule has 0 radical (unpaired) electrons. The topological polar surface area (TPSA) is 111 Å². The molecule has 0 fully saturated rings. The van der Waals surface area contributed by atoms with E-state index in [-0.39, 0.29) is 5.76 Å². The largest absolute Gasteiger partial charge is 0.459 e. The molecule has 162 valence electrons. The molecule has 0 aliphatic heterocycles. The Balaban J connectivity index is 1.52. The van der Waals surface area contributed by atoms with Crippen LogP contribution >= 0.6 is 11.3 Å². The first-order chi connectivity index (χ1) is 14.9. The van der Waals surface area contributed by atoms with Crippen LogP contribution in [0.3, 0.4) is 0 Å². The highest BCUT2D eigenvalue weighted by atomic mass is 32.1. The summed E-state index contributed by atoms with van der Waals surface area (Å²) in [6.45, 7) is 5.00. The standard InChI is InChI=1S/C22H23N3O5S/c1-4-15-7-9-16(10-8-15)17-12-31-22(24-17)25-19(26)14(3)30-21(28)13(2)23-20(27)18-6-5-11-29-18/h5-14H,4H2,1-3H3,(H,23,27)(H,24,25,26). The van der Waals surface area contributed by atoms with Gasteiger partial charge in [0.1, 0.15) is 6.04 Å². The SMILES string of the molecule is CCc1ccc(-c2csc(NC(=O)C(C)OC(=O)C(C)NC(=O)c3ccco3)n2)cc1. The molecule has 1 aromatic carbocycles. The summed E-state index contributed by atoms with van der Waals surface area (Å²) in [5.74, 6) is -1.72. The zero-order chi connectivity index (χ0) is 22.4. The van der Waals surface area contributed by atoms with Crippen molar-refractivity contribution in [1.29, 1.82) is 0 Å². The van der Waals surface area contributed by atoms with Crippen LogP contribution in [0.1, 0.15) is 36.9 Å². The van der Waals surface area contributed by atoms with Crippen LogP contribution in [-0.4, -0.2) is 34.9 Å². The van der Waals surface area contributed by atoms with Crippen molar-refractivity contribution in [1.82, 2.24) is 10.3 Å². The average Bonchev–Trinajstić information content (AvgIpc) is 3.46. The number of esters is 1. The molecule has 0 saturated carbocycles. The summed E-state index contributed by atoms with van der Waals surface area (Å²) in [4.78, 5) is 40.9. The maximum Gasteiger partial charge on any atom is 0.329 e. The van der Waals surface area contributed by atoms with Crippen LogP contribution in [0.5, 0.6) is 0 Å². The first-order valence-corrected chi connectivity index (χ1v) is 10.7. The summed E-state index contributed by atoms with van der Waals surface area (Å²) in [7, 11) is 0. The zero-order valence-electron chi connectivity index (χ0n) is 17.4.